The summed E-state index contributed by atoms with van der Waals surface area (Å²) in [5, 5.41) is 9.67. The summed E-state index contributed by atoms with van der Waals surface area (Å²) in [5.74, 6) is 0.0313. The summed E-state index contributed by atoms with van der Waals surface area (Å²) in [7, 11) is 1.79. The number of carbonyl (C=O) groups is 2. The van der Waals surface area contributed by atoms with Gasteiger partial charge in [0.2, 0.25) is 11.8 Å². The van der Waals surface area contributed by atoms with E-state index in [0.717, 1.165) is 12.8 Å². The molecule has 0 aromatic carbocycles. The average molecular weight is 484 g/mol. The van der Waals surface area contributed by atoms with Crippen LogP contribution in [0, 0.1) is 11.8 Å². The van der Waals surface area contributed by atoms with Crippen LogP contribution in [0.25, 0.3) is 0 Å². The van der Waals surface area contributed by atoms with Crippen LogP contribution < -0.4 is 4.74 Å². The topological polar surface area (TPSA) is 92.2 Å². The molecule has 0 bridgehead atoms. The molecule has 1 N–H and O–H groups in total. The highest BCUT2D eigenvalue weighted by atomic mass is 79.9. The molecule has 166 valence electrons. The number of pyridine rings is 1. The first kappa shape index (κ1) is 23.0. The number of nitrogens with zero attached hydrogens (tertiary/aromatic N) is 3. The molecule has 0 spiro atoms. The standard InChI is InChI=1S/C21H30BrN3O5/c1-13-10-25(14(2)12-26)21(28)17-8-16(22)9-23-19(17)30-18(13)11-24(3)20(27)15-4-6-29-7-5-15/h8-9,13-15,18,26H,4-7,10-12H2,1-3H3/t13-,14-,18-/m1/s1. The number of aromatic nitrogens is 1. The van der Waals surface area contributed by atoms with Gasteiger partial charge in [0.15, 0.2) is 0 Å². The Balaban J connectivity index is 1.84. The zero-order valence-corrected chi connectivity index (χ0v) is 19.3. The van der Waals surface area contributed by atoms with Crippen LogP contribution in [-0.2, 0) is 9.53 Å². The van der Waals surface area contributed by atoms with Gasteiger partial charge in [-0.2, -0.15) is 0 Å². The first-order valence-electron chi connectivity index (χ1n) is 10.4. The van der Waals surface area contributed by atoms with Crippen LogP contribution in [0.2, 0.25) is 0 Å². The minimum absolute atomic E-state index is 0.0264. The van der Waals surface area contributed by atoms with Crippen LogP contribution in [0.15, 0.2) is 16.7 Å². The summed E-state index contributed by atoms with van der Waals surface area (Å²) in [6.45, 7) is 5.70. The largest absolute Gasteiger partial charge is 0.472 e. The second-order valence-corrected chi connectivity index (χ2v) is 9.15. The van der Waals surface area contributed by atoms with Crippen LogP contribution in [0.5, 0.6) is 5.88 Å². The monoisotopic (exact) mass is 483 g/mol. The zero-order chi connectivity index (χ0) is 21.8. The number of carbonyl (C=O) groups excluding carboxylic acids is 2. The van der Waals surface area contributed by atoms with Crippen molar-refractivity contribution >= 4 is 27.7 Å². The molecule has 0 unspecified atom stereocenters. The Morgan fingerprint density at radius 1 is 1.43 bits per heavy atom. The van der Waals surface area contributed by atoms with Gasteiger partial charge in [-0.15, -0.1) is 0 Å². The first-order chi connectivity index (χ1) is 14.3. The number of aliphatic hydroxyl groups excluding tert-OH is 1. The molecule has 3 atom stereocenters. The number of aliphatic hydroxyl groups is 1. The van der Waals surface area contributed by atoms with Crippen molar-refractivity contribution in [2.75, 3.05) is 40.0 Å². The lowest BCUT2D eigenvalue weighted by molar-refractivity contribution is -0.138. The molecule has 0 radical (unpaired) electrons. The second kappa shape index (κ2) is 10.1. The molecule has 8 nitrogen and oxygen atoms in total. The molecular formula is C21H30BrN3O5. The third-order valence-corrected chi connectivity index (χ3v) is 6.32. The van der Waals surface area contributed by atoms with Crippen molar-refractivity contribution in [3.05, 3.63) is 22.3 Å². The average Bonchev–Trinajstić information content (AvgIpc) is 2.76. The third kappa shape index (κ3) is 5.12. The second-order valence-electron chi connectivity index (χ2n) is 8.23. The van der Waals surface area contributed by atoms with Crippen LogP contribution in [0.4, 0.5) is 0 Å². The van der Waals surface area contributed by atoms with Gasteiger partial charge in [0.05, 0.1) is 19.2 Å². The van der Waals surface area contributed by atoms with Gasteiger partial charge in [0, 0.05) is 49.3 Å². The first-order valence-corrected chi connectivity index (χ1v) is 11.2. The van der Waals surface area contributed by atoms with E-state index in [1.165, 1.54) is 0 Å². The van der Waals surface area contributed by atoms with E-state index in [1.54, 1.807) is 29.1 Å². The van der Waals surface area contributed by atoms with E-state index in [1.807, 2.05) is 13.8 Å². The normalized spacial score (nSPS) is 23.8. The predicted molar refractivity (Wildman–Crippen MR) is 114 cm³/mol. The number of likely N-dealkylation sites (N-methyl/N-ethyl adjacent to an activating group) is 1. The van der Waals surface area contributed by atoms with Crippen molar-refractivity contribution in [1.82, 2.24) is 14.8 Å². The molecule has 3 heterocycles. The summed E-state index contributed by atoms with van der Waals surface area (Å²) in [4.78, 5) is 33.7. The molecule has 0 aliphatic carbocycles. The number of fused-ring (bicyclic) bond motifs is 1. The maximum atomic E-state index is 13.1. The number of amides is 2. The summed E-state index contributed by atoms with van der Waals surface area (Å²) in [5.41, 5.74) is 0.347. The van der Waals surface area contributed by atoms with Gasteiger partial charge in [0.1, 0.15) is 11.7 Å². The summed E-state index contributed by atoms with van der Waals surface area (Å²) < 4.78 is 12.2. The lowest BCUT2D eigenvalue weighted by atomic mass is 9.97. The molecule has 2 aliphatic rings. The van der Waals surface area contributed by atoms with Crippen LogP contribution in [-0.4, -0.2) is 83.8 Å². The number of rotatable bonds is 5. The molecule has 1 aromatic rings. The highest BCUT2D eigenvalue weighted by Crippen LogP contribution is 2.29. The molecule has 2 amide bonds. The number of ether oxygens (including phenoxy) is 2. The van der Waals surface area contributed by atoms with E-state index < -0.39 is 0 Å². The highest BCUT2D eigenvalue weighted by molar-refractivity contribution is 9.10. The van der Waals surface area contributed by atoms with E-state index in [9.17, 15) is 14.7 Å². The minimum atomic E-state index is -0.341. The molecule has 1 fully saturated rings. The van der Waals surface area contributed by atoms with E-state index in [-0.39, 0.29) is 48.3 Å². The smallest absolute Gasteiger partial charge is 0.259 e. The number of hydrogen-bond acceptors (Lipinski definition) is 6. The van der Waals surface area contributed by atoms with Crippen LogP contribution >= 0.6 is 15.9 Å². The Kier molecular flexibility index (Phi) is 7.70. The summed E-state index contributed by atoms with van der Waals surface area (Å²) in [6, 6.07) is 1.35. The van der Waals surface area contributed by atoms with Crippen LogP contribution in [0.1, 0.15) is 37.0 Å². The Morgan fingerprint density at radius 2 is 2.13 bits per heavy atom. The molecule has 9 heteroatoms. The molecule has 1 aromatic heterocycles. The van der Waals surface area contributed by atoms with E-state index in [0.29, 0.717) is 36.3 Å². The fraction of sp³-hybridized carbons (Fsp3) is 0.667. The van der Waals surface area contributed by atoms with E-state index in [2.05, 4.69) is 20.9 Å². The lowest BCUT2D eigenvalue weighted by Gasteiger charge is -2.38. The van der Waals surface area contributed by atoms with Gasteiger partial charge in [0.25, 0.3) is 5.91 Å². The Bertz CT molecular complexity index is 771. The van der Waals surface area contributed by atoms with Gasteiger partial charge in [-0.05, 0) is 41.8 Å². The van der Waals surface area contributed by atoms with E-state index >= 15 is 0 Å². The number of hydrogen-bond donors (Lipinski definition) is 1. The molecule has 2 aliphatic heterocycles. The number of halogens is 1. The quantitative estimate of drug-likeness (QED) is 0.687. The fourth-order valence-corrected chi connectivity index (χ4v) is 4.24. The van der Waals surface area contributed by atoms with Crippen molar-refractivity contribution in [1.29, 1.82) is 0 Å². The Morgan fingerprint density at radius 3 is 2.80 bits per heavy atom. The van der Waals surface area contributed by atoms with Gasteiger partial charge >= 0.3 is 0 Å². The molecular weight excluding hydrogens is 454 g/mol. The van der Waals surface area contributed by atoms with Crippen molar-refractivity contribution in [2.45, 2.75) is 38.8 Å². The predicted octanol–water partition coefficient (Wildman–Crippen LogP) is 1.95. The maximum Gasteiger partial charge on any atom is 0.259 e. The maximum absolute atomic E-state index is 13.1. The van der Waals surface area contributed by atoms with E-state index in [4.69, 9.17) is 9.47 Å². The van der Waals surface area contributed by atoms with Crippen molar-refractivity contribution in [2.24, 2.45) is 11.8 Å². The zero-order valence-electron chi connectivity index (χ0n) is 17.7. The van der Waals surface area contributed by atoms with Gasteiger partial charge in [-0.1, -0.05) is 6.92 Å². The minimum Gasteiger partial charge on any atom is -0.472 e. The third-order valence-electron chi connectivity index (χ3n) is 5.89. The lowest BCUT2D eigenvalue weighted by Crippen LogP contribution is -2.51. The molecule has 3 rings (SSSR count). The molecule has 0 saturated carbocycles. The SMILES string of the molecule is C[C@@H]1CN([C@H](C)CO)C(=O)c2cc(Br)cnc2O[C@@H]1CN(C)C(=O)C1CCOCC1. The Labute approximate surface area is 185 Å². The van der Waals surface area contributed by atoms with Gasteiger partial charge in [-0.25, -0.2) is 4.98 Å². The fourth-order valence-electron chi connectivity index (χ4n) is 3.91. The molecule has 30 heavy (non-hydrogen) atoms. The van der Waals surface area contributed by atoms with Crippen molar-refractivity contribution < 1.29 is 24.2 Å². The van der Waals surface area contributed by atoms with Gasteiger partial charge in [-0.3, -0.25) is 9.59 Å². The highest BCUT2D eigenvalue weighted by Gasteiger charge is 2.35. The van der Waals surface area contributed by atoms with Crippen molar-refractivity contribution in [3.8, 4) is 5.88 Å². The Hall–Kier alpha value is -1.71. The summed E-state index contributed by atoms with van der Waals surface area (Å²) >= 11 is 3.37. The van der Waals surface area contributed by atoms with Crippen molar-refractivity contribution in [3.63, 3.8) is 0 Å². The summed E-state index contributed by atoms with van der Waals surface area (Å²) in [6.07, 6.45) is 2.72. The van der Waals surface area contributed by atoms with Crippen LogP contribution in [0.3, 0.4) is 0 Å². The molecule has 1 saturated heterocycles. The van der Waals surface area contributed by atoms with Gasteiger partial charge < -0.3 is 24.4 Å².